The third-order valence-electron chi connectivity index (χ3n) is 2.78. The molecule has 2 aromatic carbocycles. The Morgan fingerprint density at radius 3 is 2.70 bits per heavy atom. The predicted octanol–water partition coefficient (Wildman–Crippen LogP) is 3.89. The molecule has 0 radical (unpaired) electrons. The highest BCUT2D eigenvalue weighted by Crippen LogP contribution is 2.28. The molecule has 20 heavy (non-hydrogen) atoms. The maximum absolute atomic E-state index is 13.1. The Labute approximate surface area is 122 Å². The van der Waals surface area contributed by atoms with Gasteiger partial charge >= 0.3 is 0 Å². The van der Waals surface area contributed by atoms with Crippen LogP contribution in [0.5, 0.6) is 0 Å². The van der Waals surface area contributed by atoms with Crippen LogP contribution >= 0.6 is 15.9 Å². The van der Waals surface area contributed by atoms with Crippen LogP contribution in [-0.2, 0) is 0 Å². The van der Waals surface area contributed by atoms with Gasteiger partial charge < -0.3 is 10.3 Å². The van der Waals surface area contributed by atoms with Crippen molar-refractivity contribution in [2.45, 2.75) is 0 Å². The first-order valence-electron chi connectivity index (χ1n) is 5.79. The van der Waals surface area contributed by atoms with E-state index >= 15 is 0 Å². The molecule has 1 aromatic heterocycles. The molecular weight excluding hydrogens is 325 g/mol. The molecule has 0 atom stereocenters. The molecular formula is C14H9BrFN3O. The van der Waals surface area contributed by atoms with Crippen LogP contribution in [-0.4, -0.2) is 10.1 Å². The summed E-state index contributed by atoms with van der Waals surface area (Å²) < 4.78 is 19.2. The number of hydrogen-bond acceptors (Lipinski definition) is 4. The minimum Gasteiger partial charge on any atom is -0.396 e. The van der Waals surface area contributed by atoms with Gasteiger partial charge in [-0.1, -0.05) is 33.2 Å². The van der Waals surface area contributed by atoms with Gasteiger partial charge in [0.1, 0.15) is 5.82 Å². The smallest absolute Gasteiger partial charge is 0.258 e. The largest absolute Gasteiger partial charge is 0.396 e. The van der Waals surface area contributed by atoms with Gasteiger partial charge in [-0.05, 0) is 30.3 Å². The monoisotopic (exact) mass is 333 g/mol. The molecule has 0 bridgehead atoms. The Balaban J connectivity index is 2.02. The van der Waals surface area contributed by atoms with Gasteiger partial charge in [0.2, 0.25) is 5.82 Å². The quantitative estimate of drug-likeness (QED) is 0.722. The molecule has 0 saturated heterocycles. The minimum absolute atomic E-state index is 0.0446. The maximum atomic E-state index is 13.1. The van der Waals surface area contributed by atoms with E-state index in [-0.39, 0.29) is 5.69 Å². The van der Waals surface area contributed by atoms with E-state index in [2.05, 4.69) is 26.1 Å². The van der Waals surface area contributed by atoms with Crippen LogP contribution in [0, 0.1) is 5.82 Å². The molecule has 0 fully saturated rings. The summed E-state index contributed by atoms with van der Waals surface area (Å²) in [5.41, 5.74) is 6.97. The molecule has 0 spiro atoms. The summed E-state index contributed by atoms with van der Waals surface area (Å²) in [5, 5.41) is 3.93. The molecule has 0 amide bonds. The van der Waals surface area contributed by atoms with Crippen molar-refractivity contribution in [2.24, 2.45) is 0 Å². The van der Waals surface area contributed by atoms with Crippen molar-refractivity contribution in [3.8, 4) is 22.8 Å². The molecule has 0 unspecified atom stereocenters. The van der Waals surface area contributed by atoms with Crippen LogP contribution < -0.4 is 5.73 Å². The highest BCUT2D eigenvalue weighted by molar-refractivity contribution is 9.10. The lowest BCUT2D eigenvalue weighted by molar-refractivity contribution is 0.432. The molecule has 2 N–H and O–H groups in total. The fourth-order valence-corrected chi connectivity index (χ4v) is 2.23. The lowest BCUT2D eigenvalue weighted by atomic mass is 10.2. The van der Waals surface area contributed by atoms with Crippen LogP contribution in [0.3, 0.4) is 0 Å². The molecule has 0 aliphatic carbocycles. The van der Waals surface area contributed by atoms with E-state index in [1.807, 2.05) is 24.3 Å². The molecule has 0 saturated carbocycles. The van der Waals surface area contributed by atoms with Gasteiger partial charge in [-0.3, -0.25) is 0 Å². The van der Waals surface area contributed by atoms with E-state index in [1.165, 1.54) is 12.1 Å². The Morgan fingerprint density at radius 2 is 1.95 bits per heavy atom. The minimum atomic E-state index is -0.473. The maximum Gasteiger partial charge on any atom is 0.258 e. The predicted molar refractivity (Wildman–Crippen MR) is 77.2 cm³/mol. The van der Waals surface area contributed by atoms with Gasteiger partial charge in [0, 0.05) is 15.6 Å². The lowest BCUT2D eigenvalue weighted by Crippen LogP contribution is -1.90. The normalized spacial score (nSPS) is 10.7. The van der Waals surface area contributed by atoms with E-state index in [0.29, 0.717) is 17.3 Å². The zero-order chi connectivity index (χ0) is 14.1. The fraction of sp³-hybridized carbons (Fsp3) is 0. The third-order valence-corrected chi connectivity index (χ3v) is 3.48. The Morgan fingerprint density at radius 1 is 1.15 bits per heavy atom. The summed E-state index contributed by atoms with van der Waals surface area (Å²) in [5.74, 6) is 0.275. The van der Waals surface area contributed by atoms with Crippen molar-refractivity contribution in [3.05, 3.63) is 52.8 Å². The third kappa shape index (κ3) is 2.30. The van der Waals surface area contributed by atoms with Gasteiger partial charge in [-0.2, -0.15) is 4.98 Å². The van der Waals surface area contributed by atoms with Gasteiger partial charge in [0.25, 0.3) is 5.89 Å². The van der Waals surface area contributed by atoms with Crippen molar-refractivity contribution >= 4 is 21.6 Å². The Bertz CT molecular complexity index is 773. The number of halogens is 2. The van der Waals surface area contributed by atoms with Crippen molar-refractivity contribution in [1.29, 1.82) is 0 Å². The number of nitrogens with two attached hydrogens (primary N) is 1. The average molecular weight is 334 g/mol. The van der Waals surface area contributed by atoms with Crippen LogP contribution in [0.2, 0.25) is 0 Å². The second-order valence-electron chi connectivity index (χ2n) is 4.14. The second-order valence-corrected chi connectivity index (χ2v) is 4.99. The van der Waals surface area contributed by atoms with E-state index in [1.54, 1.807) is 6.07 Å². The van der Waals surface area contributed by atoms with E-state index < -0.39 is 5.82 Å². The molecule has 4 nitrogen and oxygen atoms in total. The first-order chi connectivity index (χ1) is 9.65. The number of nitrogens with zero attached hydrogens (tertiary/aromatic N) is 2. The van der Waals surface area contributed by atoms with Crippen molar-refractivity contribution in [2.75, 3.05) is 5.73 Å². The van der Waals surface area contributed by atoms with E-state index in [0.717, 1.165) is 10.0 Å². The summed E-state index contributed by atoms with van der Waals surface area (Å²) in [6.07, 6.45) is 0. The molecule has 100 valence electrons. The number of benzene rings is 2. The van der Waals surface area contributed by atoms with Crippen LogP contribution in [0.25, 0.3) is 22.8 Å². The summed E-state index contributed by atoms with van der Waals surface area (Å²) in [6, 6.07) is 11.8. The van der Waals surface area contributed by atoms with Crippen molar-refractivity contribution < 1.29 is 8.91 Å². The molecule has 3 aromatic rings. The SMILES string of the molecule is Nc1cc(-c2nc(-c3ccccc3Br)no2)ccc1F. The van der Waals surface area contributed by atoms with Gasteiger partial charge in [0.05, 0.1) is 5.69 Å². The molecule has 6 heteroatoms. The fourth-order valence-electron chi connectivity index (χ4n) is 1.77. The standard InChI is InChI=1S/C14H9BrFN3O/c15-10-4-2-1-3-9(10)13-18-14(20-19-13)8-5-6-11(16)12(17)7-8/h1-7H,17H2. The topological polar surface area (TPSA) is 64.9 Å². The summed E-state index contributed by atoms with van der Waals surface area (Å²) in [4.78, 5) is 4.30. The lowest BCUT2D eigenvalue weighted by Gasteiger charge is -1.98. The number of nitrogen functional groups attached to an aromatic ring is 1. The zero-order valence-corrected chi connectivity index (χ0v) is 11.8. The molecule has 1 heterocycles. The van der Waals surface area contributed by atoms with Gasteiger partial charge in [-0.25, -0.2) is 4.39 Å². The Hall–Kier alpha value is -2.21. The average Bonchev–Trinajstić information content (AvgIpc) is 2.92. The molecule has 0 aliphatic rings. The Kier molecular flexibility index (Phi) is 3.23. The van der Waals surface area contributed by atoms with Crippen molar-refractivity contribution in [3.63, 3.8) is 0 Å². The van der Waals surface area contributed by atoms with Crippen LogP contribution in [0.4, 0.5) is 10.1 Å². The zero-order valence-electron chi connectivity index (χ0n) is 10.2. The van der Waals surface area contributed by atoms with Gasteiger partial charge in [-0.15, -0.1) is 0 Å². The van der Waals surface area contributed by atoms with E-state index in [9.17, 15) is 4.39 Å². The number of rotatable bonds is 2. The van der Waals surface area contributed by atoms with Crippen LogP contribution in [0.15, 0.2) is 51.5 Å². The number of anilines is 1. The highest BCUT2D eigenvalue weighted by Gasteiger charge is 2.13. The number of aromatic nitrogens is 2. The van der Waals surface area contributed by atoms with E-state index in [4.69, 9.17) is 10.3 Å². The molecule has 3 rings (SSSR count). The molecule has 0 aliphatic heterocycles. The first-order valence-corrected chi connectivity index (χ1v) is 6.58. The summed E-state index contributed by atoms with van der Waals surface area (Å²) >= 11 is 3.43. The summed E-state index contributed by atoms with van der Waals surface area (Å²) in [7, 11) is 0. The highest BCUT2D eigenvalue weighted by atomic mass is 79.9. The van der Waals surface area contributed by atoms with Gasteiger partial charge in [0.15, 0.2) is 0 Å². The second kappa shape index (κ2) is 5.05. The first kappa shape index (κ1) is 12.8. The van der Waals surface area contributed by atoms with Crippen LogP contribution in [0.1, 0.15) is 0 Å². The number of hydrogen-bond donors (Lipinski definition) is 1. The van der Waals surface area contributed by atoms with Crippen molar-refractivity contribution in [1.82, 2.24) is 10.1 Å². The summed E-state index contributed by atoms with van der Waals surface area (Å²) in [6.45, 7) is 0.